The van der Waals surface area contributed by atoms with Crippen molar-refractivity contribution in [1.29, 1.82) is 0 Å². The smallest absolute Gasteiger partial charge is 0.0742 e. The molecule has 0 heterocycles. The van der Waals surface area contributed by atoms with Gasteiger partial charge in [0.15, 0.2) is 0 Å². The fourth-order valence-electron chi connectivity index (χ4n) is 9.00. The first kappa shape index (κ1) is 167. The zero-order valence-electron chi connectivity index (χ0n) is 67.5. The van der Waals surface area contributed by atoms with Crippen molar-refractivity contribution in [3.05, 3.63) is 0 Å². The molecule has 0 aliphatic rings. The lowest BCUT2D eigenvalue weighted by Gasteiger charge is -2.10. The molecule has 0 aliphatic carbocycles. The quantitative estimate of drug-likeness (QED) is 0.0277. The summed E-state index contributed by atoms with van der Waals surface area (Å²) in [6, 6.07) is 0. The van der Waals surface area contributed by atoms with Crippen LogP contribution in [0.2, 0.25) is 0 Å². The van der Waals surface area contributed by atoms with Crippen LogP contribution >= 0.6 is 0 Å². The van der Waals surface area contributed by atoms with Gasteiger partial charge in [0.25, 0.3) is 0 Å². The molecule has 0 amide bonds. The topological polar surface area (TPSA) is 53.3 Å². The Bertz CT molecular complexity index is 618. The molecular weight excluding hydrogens is 1160 g/mol. The van der Waals surface area contributed by atoms with Crippen LogP contribution in [-0.4, -0.2) is 337 Å². The van der Waals surface area contributed by atoms with E-state index in [1.165, 1.54) is 236 Å². The van der Waals surface area contributed by atoms with Crippen molar-refractivity contribution in [3.63, 3.8) is 0 Å². The summed E-state index contributed by atoms with van der Waals surface area (Å²) < 4.78 is 0. The Balaban J connectivity index is -0.0000000265. The number of hydrogen-bond acceptors (Lipinski definition) is 0. The highest BCUT2D eigenvalue weighted by Crippen LogP contribution is 1.53. The van der Waals surface area contributed by atoms with Crippen LogP contribution in [0.15, 0.2) is 0 Å². The molecule has 0 spiro atoms. The van der Waals surface area contributed by atoms with E-state index in [1.807, 2.05) is 0 Å². The Morgan fingerprint density at radius 3 is 0.0938 bits per heavy atom. The summed E-state index contributed by atoms with van der Waals surface area (Å²) in [6.45, 7) is 126. The van der Waals surface area contributed by atoms with Gasteiger partial charge in [-0.25, -0.2) is 0 Å². The monoisotopic (exact) mass is 1410 g/mol. The van der Waals surface area contributed by atoms with Gasteiger partial charge >= 0.3 is 0 Å². The molecule has 0 aromatic heterocycles. The second-order valence-corrected chi connectivity index (χ2v) is 21.7. The summed E-state index contributed by atoms with van der Waals surface area (Å²) in [6.07, 6.45) is 0. The van der Waals surface area contributed by atoms with Gasteiger partial charge in [-0.15, -0.1) is 0 Å². The normalized spacial score (nSPS) is 9.00. The van der Waals surface area contributed by atoms with Crippen LogP contribution in [0, 0.1) is 0 Å². The maximum atomic E-state index is 2.22. The van der Waals surface area contributed by atoms with Crippen LogP contribution in [0.1, 0.15) is 249 Å². The summed E-state index contributed by atoms with van der Waals surface area (Å²) in [5, 5.41) is 0. The van der Waals surface area contributed by atoms with Crippen molar-refractivity contribution in [2.45, 2.75) is 249 Å². The molecule has 0 atom stereocenters. The molecule has 0 rings (SSSR count). The van der Waals surface area contributed by atoms with E-state index in [9.17, 15) is 0 Å². The number of rotatable bonds is 36. The maximum absolute atomic E-state index is 2.22. The molecule has 0 saturated heterocycles. The molecule has 0 unspecified atom stereocenters. The highest BCUT2D eigenvalue weighted by atomic mass is 15.1. The lowest BCUT2D eigenvalue weighted by Crippen LogP contribution is -3.11. The molecular formula is C72H240B12N12. The predicted octanol–water partition coefficient (Wildman–Crippen LogP) is -18.2. The average molecular weight is 1400 g/mol. The third-order valence-corrected chi connectivity index (χ3v) is 18.0. The van der Waals surface area contributed by atoms with Gasteiger partial charge in [-0.2, -0.15) is 0 Å². The first-order chi connectivity index (χ1) is 40.2. The van der Waals surface area contributed by atoms with E-state index in [2.05, 4.69) is 249 Å². The second-order valence-electron chi connectivity index (χ2n) is 21.7. The van der Waals surface area contributed by atoms with Crippen molar-refractivity contribution in [2.75, 3.05) is 236 Å². The van der Waals surface area contributed by atoms with Gasteiger partial charge in [0.05, 0.1) is 236 Å². The minimum absolute atomic E-state index is 0. The molecule has 24 heteroatoms. The van der Waals surface area contributed by atoms with Crippen LogP contribution in [0.4, 0.5) is 0 Å². The fourth-order valence-corrected chi connectivity index (χ4v) is 9.00. The largest absolute Gasteiger partial charge is 0.336 e. The molecule has 96 heavy (non-hydrogen) atoms. The molecule has 0 saturated carbocycles. The highest BCUT2D eigenvalue weighted by molar-refractivity contribution is 5.77. The number of nitrogens with one attached hydrogen (secondary N) is 12. The van der Waals surface area contributed by atoms with Gasteiger partial charge in [0, 0.05) is 0 Å². The fraction of sp³-hybridized carbons (Fsp3) is 1.00. The summed E-state index contributed by atoms with van der Waals surface area (Å²) >= 11 is 0. The Labute approximate surface area is 641 Å². The van der Waals surface area contributed by atoms with Gasteiger partial charge in [-0.3, -0.25) is 0 Å². The Morgan fingerprint density at radius 2 is 0.0938 bits per heavy atom. The maximum Gasteiger partial charge on any atom is 0.0742 e. The summed E-state index contributed by atoms with van der Waals surface area (Å²) in [5.74, 6) is 0. The van der Waals surface area contributed by atoms with Gasteiger partial charge in [-0.05, 0) is 249 Å². The van der Waals surface area contributed by atoms with Gasteiger partial charge < -0.3 is 58.8 Å². The minimum atomic E-state index is 0. The van der Waals surface area contributed by atoms with E-state index in [0.29, 0.717) is 0 Å². The lowest BCUT2D eigenvalue weighted by atomic mass is 10.5. The Kier molecular flexibility index (Phi) is 283. The molecule has 624 valence electrons. The standard InChI is InChI=1S/12C6H15N.12BH4/c12*1-4-7(5-2)6-3;;;;;;;;;;;;/h12*4-6H2,1-3H3;12*1H4/q;;;;;;;;;;;;12*-1/p+12. The summed E-state index contributed by atoms with van der Waals surface area (Å²) in [5.41, 5.74) is 0. The Morgan fingerprint density at radius 1 is 0.0729 bits per heavy atom. The molecule has 12 N–H and O–H groups in total. The van der Waals surface area contributed by atoms with E-state index in [-0.39, 0.29) is 101 Å². The van der Waals surface area contributed by atoms with Gasteiger partial charge in [0.1, 0.15) is 0 Å². The second kappa shape index (κ2) is 162. The van der Waals surface area contributed by atoms with Crippen molar-refractivity contribution in [1.82, 2.24) is 0 Å². The average Bonchev–Trinajstić information content (AvgIpc) is 3.54. The lowest BCUT2D eigenvalue weighted by molar-refractivity contribution is -0.894. The summed E-state index contributed by atoms with van der Waals surface area (Å²) in [4.78, 5) is 20.2. The first-order valence-electron chi connectivity index (χ1n) is 38.2. The van der Waals surface area contributed by atoms with E-state index >= 15 is 0 Å². The third kappa shape index (κ3) is 157. The molecule has 0 aliphatic heterocycles. The highest BCUT2D eigenvalue weighted by Gasteiger charge is 1.99. The first-order valence-corrected chi connectivity index (χ1v) is 38.2. The van der Waals surface area contributed by atoms with E-state index < -0.39 is 0 Å². The van der Waals surface area contributed by atoms with Crippen LogP contribution < -0.4 is 58.8 Å². The van der Waals surface area contributed by atoms with Crippen molar-refractivity contribution in [3.8, 4) is 0 Å². The molecule has 0 aromatic carbocycles. The van der Waals surface area contributed by atoms with Crippen LogP contribution in [0.3, 0.4) is 0 Å². The van der Waals surface area contributed by atoms with E-state index in [4.69, 9.17) is 0 Å². The number of hydrogen-bond donors (Lipinski definition) is 12. The molecule has 0 bridgehead atoms. The van der Waals surface area contributed by atoms with Crippen LogP contribution in [0.25, 0.3) is 0 Å². The third-order valence-electron chi connectivity index (χ3n) is 18.0. The molecule has 0 fully saturated rings. The Hall–Kier alpha value is 0.299. The van der Waals surface area contributed by atoms with E-state index in [1.54, 1.807) is 58.8 Å². The van der Waals surface area contributed by atoms with Crippen LogP contribution in [-0.2, 0) is 0 Å². The van der Waals surface area contributed by atoms with Crippen molar-refractivity contribution < 1.29 is 58.8 Å². The van der Waals surface area contributed by atoms with Crippen molar-refractivity contribution in [2.24, 2.45) is 0 Å². The van der Waals surface area contributed by atoms with Crippen LogP contribution in [0.5, 0.6) is 0 Å². The van der Waals surface area contributed by atoms with Gasteiger partial charge in [0.2, 0.25) is 0 Å². The van der Waals surface area contributed by atoms with E-state index in [0.717, 1.165) is 0 Å². The number of quaternary nitrogens is 12. The molecule has 0 aromatic rings. The zero-order chi connectivity index (χ0) is 68.4. The SMILES string of the molecule is CC[NH+](CC)CC.CC[NH+](CC)CC.CC[NH+](CC)CC.CC[NH+](CC)CC.CC[NH+](CC)CC.CC[NH+](CC)CC.CC[NH+](CC)CC.CC[NH+](CC)CC.CC[NH+](CC)CC.CC[NH+](CC)CC.CC[NH+](CC)CC.CC[NH+](CC)CC.[BH4-].[BH4-].[BH4-].[BH4-].[BH4-].[BH4-].[BH4-].[BH4-].[BH4-].[BH4-].[BH4-].[BH4-]. The minimum Gasteiger partial charge on any atom is -0.336 e. The molecule has 0 radical (unpaired) electrons. The van der Waals surface area contributed by atoms with Crippen molar-refractivity contribution >= 4 is 101 Å². The summed E-state index contributed by atoms with van der Waals surface area (Å²) in [7, 11) is 0. The molecule has 12 nitrogen and oxygen atoms in total. The zero-order valence-corrected chi connectivity index (χ0v) is 67.5. The van der Waals surface area contributed by atoms with Gasteiger partial charge in [-0.1, -0.05) is 101 Å². The predicted molar refractivity (Wildman–Crippen MR) is 527 cm³/mol.